The molecular weight excluding hydrogens is 328 g/mol. The molecule has 0 aliphatic heterocycles. The Kier molecular flexibility index (Phi) is 6.39. The Labute approximate surface area is 154 Å². The molecule has 0 spiro atoms. The predicted molar refractivity (Wildman–Crippen MR) is 104 cm³/mol. The minimum absolute atomic E-state index is 0.180. The van der Waals surface area contributed by atoms with E-state index in [-0.39, 0.29) is 17.4 Å². The van der Waals surface area contributed by atoms with E-state index in [0.29, 0.717) is 29.2 Å². The molecule has 5 nitrogen and oxygen atoms in total. The summed E-state index contributed by atoms with van der Waals surface area (Å²) >= 11 is 0. The SMILES string of the molecule is CCCOc1ccccc1C(=O)Nc1cccc(C(=O)NC(C)(C)C)c1. The summed E-state index contributed by atoms with van der Waals surface area (Å²) in [6.07, 6.45) is 0.862. The molecule has 2 amide bonds. The first kappa shape index (κ1) is 19.5. The number of carbonyl (C=O) groups excluding carboxylic acids is 2. The Hall–Kier alpha value is -2.82. The normalized spacial score (nSPS) is 10.9. The Morgan fingerprint density at radius 3 is 2.42 bits per heavy atom. The van der Waals surface area contributed by atoms with Gasteiger partial charge in [0.2, 0.25) is 0 Å². The first-order valence-electron chi connectivity index (χ1n) is 8.76. The summed E-state index contributed by atoms with van der Waals surface area (Å²) in [4.78, 5) is 24.9. The third-order valence-corrected chi connectivity index (χ3v) is 3.46. The standard InChI is InChI=1S/C21H26N2O3/c1-5-13-26-18-12-7-6-11-17(18)20(25)22-16-10-8-9-15(14-16)19(24)23-21(2,3)4/h6-12,14H,5,13H2,1-4H3,(H,22,25)(H,23,24). The van der Waals surface area contributed by atoms with Crippen LogP contribution in [0.2, 0.25) is 0 Å². The number of carbonyl (C=O) groups is 2. The summed E-state index contributed by atoms with van der Waals surface area (Å²) in [5.41, 5.74) is 1.19. The third-order valence-electron chi connectivity index (χ3n) is 3.46. The molecule has 2 N–H and O–H groups in total. The Morgan fingerprint density at radius 2 is 1.73 bits per heavy atom. The van der Waals surface area contributed by atoms with Crippen LogP contribution in [0.15, 0.2) is 48.5 Å². The second-order valence-electron chi connectivity index (χ2n) is 7.08. The van der Waals surface area contributed by atoms with E-state index in [2.05, 4.69) is 10.6 Å². The molecule has 2 aromatic rings. The molecule has 5 heteroatoms. The Balaban J connectivity index is 2.15. The fraction of sp³-hybridized carbons (Fsp3) is 0.333. The van der Waals surface area contributed by atoms with Crippen LogP contribution < -0.4 is 15.4 Å². The van der Waals surface area contributed by atoms with Crippen molar-refractivity contribution in [2.24, 2.45) is 0 Å². The first-order valence-corrected chi connectivity index (χ1v) is 8.76. The Morgan fingerprint density at radius 1 is 1.00 bits per heavy atom. The van der Waals surface area contributed by atoms with Crippen LogP contribution in [-0.2, 0) is 0 Å². The minimum atomic E-state index is -0.327. The van der Waals surface area contributed by atoms with E-state index in [1.165, 1.54) is 0 Å². The van der Waals surface area contributed by atoms with Crippen LogP contribution in [-0.4, -0.2) is 24.0 Å². The lowest BCUT2D eigenvalue weighted by Crippen LogP contribution is -2.40. The molecule has 138 valence electrons. The maximum absolute atomic E-state index is 12.6. The molecule has 0 aliphatic carbocycles. The Bertz CT molecular complexity index is 779. The number of ether oxygens (including phenoxy) is 1. The maximum Gasteiger partial charge on any atom is 0.259 e. The maximum atomic E-state index is 12.6. The summed E-state index contributed by atoms with van der Waals surface area (Å²) in [6, 6.07) is 14.0. The van der Waals surface area contributed by atoms with Crippen LogP contribution in [0.3, 0.4) is 0 Å². The second-order valence-corrected chi connectivity index (χ2v) is 7.08. The largest absolute Gasteiger partial charge is 0.493 e. The van der Waals surface area contributed by atoms with E-state index in [9.17, 15) is 9.59 Å². The van der Waals surface area contributed by atoms with Gasteiger partial charge in [0.25, 0.3) is 11.8 Å². The number of hydrogen-bond donors (Lipinski definition) is 2. The van der Waals surface area contributed by atoms with Crippen molar-refractivity contribution in [1.29, 1.82) is 0 Å². The van der Waals surface area contributed by atoms with Crippen LogP contribution >= 0.6 is 0 Å². The van der Waals surface area contributed by atoms with Crippen LogP contribution in [0.1, 0.15) is 54.8 Å². The first-order chi connectivity index (χ1) is 12.3. The second kappa shape index (κ2) is 8.52. The van der Waals surface area contributed by atoms with Gasteiger partial charge in [0, 0.05) is 16.8 Å². The van der Waals surface area contributed by atoms with Crippen LogP contribution in [0.4, 0.5) is 5.69 Å². The van der Waals surface area contributed by atoms with E-state index in [1.807, 2.05) is 33.8 Å². The number of rotatable bonds is 6. The van der Waals surface area contributed by atoms with Gasteiger partial charge in [-0.15, -0.1) is 0 Å². The quantitative estimate of drug-likeness (QED) is 0.815. The van der Waals surface area contributed by atoms with Gasteiger partial charge in [0.15, 0.2) is 0 Å². The van der Waals surface area contributed by atoms with Crippen molar-refractivity contribution in [2.75, 3.05) is 11.9 Å². The smallest absolute Gasteiger partial charge is 0.259 e. The van der Waals surface area contributed by atoms with Gasteiger partial charge < -0.3 is 15.4 Å². The van der Waals surface area contributed by atoms with Gasteiger partial charge in [-0.2, -0.15) is 0 Å². The zero-order valence-electron chi connectivity index (χ0n) is 15.8. The number of anilines is 1. The molecule has 0 aromatic heterocycles. The van der Waals surface area contributed by atoms with Gasteiger partial charge in [-0.1, -0.05) is 25.1 Å². The monoisotopic (exact) mass is 354 g/mol. The topological polar surface area (TPSA) is 67.4 Å². The van der Waals surface area contributed by atoms with Gasteiger partial charge in [0.1, 0.15) is 5.75 Å². The van der Waals surface area contributed by atoms with Crippen LogP contribution in [0, 0.1) is 0 Å². The molecule has 0 unspecified atom stereocenters. The molecule has 0 atom stereocenters. The van der Waals surface area contributed by atoms with Crippen LogP contribution in [0.25, 0.3) is 0 Å². The zero-order valence-corrected chi connectivity index (χ0v) is 15.8. The average molecular weight is 354 g/mol. The van der Waals surface area contributed by atoms with Crippen molar-refractivity contribution in [3.8, 4) is 5.75 Å². The molecular formula is C21H26N2O3. The summed E-state index contributed by atoms with van der Waals surface area (Å²) < 4.78 is 5.64. The predicted octanol–water partition coefficient (Wildman–Crippen LogP) is 4.26. The van der Waals surface area contributed by atoms with Crippen molar-refractivity contribution in [3.63, 3.8) is 0 Å². The van der Waals surface area contributed by atoms with Crippen molar-refractivity contribution in [1.82, 2.24) is 5.32 Å². The van der Waals surface area contributed by atoms with Gasteiger partial charge in [0.05, 0.1) is 12.2 Å². The fourth-order valence-electron chi connectivity index (χ4n) is 2.34. The molecule has 0 fully saturated rings. The van der Waals surface area contributed by atoms with E-state index in [0.717, 1.165) is 6.42 Å². The lowest BCUT2D eigenvalue weighted by Gasteiger charge is -2.20. The summed E-state index contributed by atoms with van der Waals surface area (Å²) in [7, 11) is 0. The molecule has 0 radical (unpaired) electrons. The average Bonchev–Trinajstić information content (AvgIpc) is 2.59. The van der Waals surface area contributed by atoms with Crippen molar-refractivity contribution < 1.29 is 14.3 Å². The summed E-state index contributed by atoms with van der Waals surface area (Å²) in [5, 5.41) is 5.74. The highest BCUT2D eigenvalue weighted by atomic mass is 16.5. The van der Waals surface area contributed by atoms with Crippen molar-refractivity contribution in [3.05, 3.63) is 59.7 Å². The fourth-order valence-corrected chi connectivity index (χ4v) is 2.34. The molecule has 26 heavy (non-hydrogen) atoms. The number of nitrogens with one attached hydrogen (secondary N) is 2. The minimum Gasteiger partial charge on any atom is -0.493 e. The summed E-state index contributed by atoms with van der Waals surface area (Å²) in [5.74, 6) is 0.0961. The molecule has 0 aliphatic rings. The van der Waals surface area contributed by atoms with E-state index < -0.39 is 0 Å². The lowest BCUT2D eigenvalue weighted by atomic mass is 10.1. The molecule has 0 saturated heterocycles. The molecule has 0 saturated carbocycles. The van der Waals surface area contributed by atoms with Gasteiger partial charge in [-0.3, -0.25) is 9.59 Å². The van der Waals surface area contributed by atoms with Crippen LogP contribution in [0.5, 0.6) is 5.75 Å². The van der Waals surface area contributed by atoms with E-state index in [1.54, 1.807) is 42.5 Å². The van der Waals surface area contributed by atoms with Gasteiger partial charge >= 0.3 is 0 Å². The van der Waals surface area contributed by atoms with E-state index in [4.69, 9.17) is 4.74 Å². The van der Waals surface area contributed by atoms with Gasteiger partial charge in [-0.05, 0) is 57.5 Å². The number of amides is 2. The number of benzene rings is 2. The molecule has 2 rings (SSSR count). The highest BCUT2D eigenvalue weighted by Crippen LogP contribution is 2.20. The van der Waals surface area contributed by atoms with Crippen molar-refractivity contribution >= 4 is 17.5 Å². The number of para-hydroxylation sites is 1. The third kappa shape index (κ3) is 5.62. The lowest BCUT2D eigenvalue weighted by molar-refractivity contribution is 0.0918. The molecule has 0 bridgehead atoms. The van der Waals surface area contributed by atoms with E-state index >= 15 is 0 Å². The van der Waals surface area contributed by atoms with Crippen molar-refractivity contribution in [2.45, 2.75) is 39.7 Å². The highest BCUT2D eigenvalue weighted by molar-refractivity contribution is 6.06. The zero-order chi connectivity index (χ0) is 19.2. The molecule has 0 heterocycles. The molecule has 2 aromatic carbocycles. The summed E-state index contributed by atoms with van der Waals surface area (Å²) in [6.45, 7) is 8.32. The van der Waals surface area contributed by atoms with Gasteiger partial charge in [-0.25, -0.2) is 0 Å². The highest BCUT2D eigenvalue weighted by Gasteiger charge is 2.16. The number of hydrogen-bond acceptors (Lipinski definition) is 3.